The van der Waals surface area contributed by atoms with Gasteiger partial charge in [0.1, 0.15) is 17.4 Å². The van der Waals surface area contributed by atoms with Crippen molar-refractivity contribution in [3.63, 3.8) is 0 Å². The molecule has 0 unspecified atom stereocenters. The van der Waals surface area contributed by atoms with Crippen LogP contribution in [0.2, 0.25) is 0 Å². The maximum Gasteiger partial charge on any atom is 0.262 e. The van der Waals surface area contributed by atoms with Crippen molar-refractivity contribution in [2.75, 3.05) is 0 Å². The van der Waals surface area contributed by atoms with Gasteiger partial charge < -0.3 is 9.73 Å². The van der Waals surface area contributed by atoms with Crippen molar-refractivity contribution in [2.45, 2.75) is 13.0 Å². The Labute approximate surface area is 117 Å². The van der Waals surface area contributed by atoms with Crippen LogP contribution in [0.5, 0.6) is 0 Å². The Morgan fingerprint density at radius 1 is 1.30 bits per heavy atom. The predicted molar refractivity (Wildman–Crippen MR) is 75.3 cm³/mol. The van der Waals surface area contributed by atoms with E-state index in [9.17, 15) is 4.79 Å². The molecular weight excluding hydrogens is 252 g/mol. The van der Waals surface area contributed by atoms with E-state index < -0.39 is 5.91 Å². The smallest absolute Gasteiger partial charge is 0.262 e. The topological polar surface area (TPSA) is 66.0 Å². The number of rotatable bonds is 4. The van der Waals surface area contributed by atoms with Gasteiger partial charge >= 0.3 is 0 Å². The Balaban J connectivity index is 2.09. The van der Waals surface area contributed by atoms with E-state index in [0.29, 0.717) is 5.76 Å². The molecule has 0 saturated heterocycles. The van der Waals surface area contributed by atoms with E-state index in [1.165, 1.54) is 12.3 Å². The molecule has 1 heterocycles. The summed E-state index contributed by atoms with van der Waals surface area (Å²) < 4.78 is 5.10. The summed E-state index contributed by atoms with van der Waals surface area (Å²) in [6, 6.07) is 14.7. The number of furan rings is 1. The first-order valence-electron chi connectivity index (χ1n) is 6.22. The first-order valence-corrected chi connectivity index (χ1v) is 6.22. The number of nitrogens with zero attached hydrogens (tertiary/aromatic N) is 1. The fourth-order valence-corrected chi connectivity index (χ4v) is 1.76. The fraction of sp³-hybridized carbons (Fsp3) is 0.125. The summed E-state index contributed by atoms with van der Waals surface area (Å²) in [6.07, 6.45) is 2.92. The maximum absolute atomic E-state index is 12.0. The van der Waals surface area contributed by atoms with Gasteiger partial charge in [0.25, 0.3) is 5.91 Å². The summed E-state index contributed by atoms with van der Waals surface area (Å²) in [6.45, 7) is 1.87. The summed E-state index contributed by atoms with van der Waals surface area (Å²) in [5.74, 6) is 0.0596. The van der Waals surface area contributed by atoms with Crippen molar-refractivity contribution in [2.24, 2.45) is 0 Å². The van der Waals surface area contributed by atoms with Crippen LogP contribution in [-0.4, -0.2) is 5.91 Å². The number of hydrogen-bond acceptors (Lipinski definition) is 3. The number of nitrogens with one attached hydrogen (secondary N) is 1. The maximum atomic E-state index is 12.0. The zero-order valence-electron chi connectivity index (χ0n) is 11.0. The number of hydrogen-bond donors (Lipinski definition) is 1. The quantitative estimate of drug-likeness (QED) is 0.683. The van der Waals surface area contributed by atoms with Gasteiger partial charge in [0.05, 0.1) is 12.3 Å². The van der Waals surface area contributed by atoms with Crippen molar-refractivity contribution < 1.29 is 9.21 Å². The molecule has 2 aromatic rings. The Morgan fingerprint density at radius 2 is 2.05 bits per heavy atom. The molecule has 0 bridgehead atoms. The fourth-order valence-electron chi connectivity index (χ4n) is 1.76. The van der Waals surface area contributed by atoms with Gasteiger partial charge in [-0.1, -0.05) is 30.3 Å². The third kappa shape index (κ3) is 3.36. The van der Waals surface area contributed by atoms with Crippen LogP contribution in [0.4, 0.5) is 0 Å². The average Bonchev–Trinajstić information content (AvgIpc) is 2.98. The number of benzene rings is 1. The molecule has 20 heavy (non-hydrogen) atoms. The molecule has 2 rings (SSSR count). The highest BCUT2D eigenvalue weighted by Gasteiger charge is 2.13. The van der Waals surface area contributed by atoms with Gasteiger partial charge in [-0.05, 0) is 24.6 Å². The lowest BCUT2D eigenvalue weighted by Gasteiger charge is -2.13. The molecule has 4 nitrogen and oxygen atoms in total. The van der Waals surface area contributed by atoms with Gasteiger partial charge in [0.2, 0.25) is 0 Å². The second-order valence-electron chi connectivity index (χ2n) is 4.29. The molecule has 0 aliphatic heterocycles. The van der Waals surface area contributed by atoms with E-state index in [4.69, 9.17) is 9.68 Å². The average molecular weight is 266 g/mol. The molecule has 0 radical (unpaired) electrons. The highest BCUT2D eigenvalue weighted by molar-refractivity contribution is 6.01. The van der Waals surface area contributed by atoms with E-state index in [2.05, 4.69) is 5.32 Å². The molecule has 1 aromatic heterocycles. The number of carbonyl (C=O) groups excluding carboxylic acids is 1. The van der Waals surface area contributed by atoms with Crippen molar-refractivity contribution in [1.29, 1.82) is 5.26 Å². The molecule has 1 atom stereocenters. The Morgan fingerprint density at radius 3 is 2.65 bits per heavy atom. The number of carbonyl (C=O) groups is 1. The Hall–Kier alpha value is -2.80. The summed E-state index contributed by atoms with van der Waals surface area (Å²) >= 11 is 0. The standard InChI is InChI=1S/C16H14N2O2/c1-12(13-6-3-2-4-7-13)18-16(19)14(11-17)10-15-8-5-9-20-15/h2-10,12H,1H3,(H,18,19)/b14-10+/t12-/m1/s1. The second kappa shape index (κ2) is 6.39. The van der Waals surface area contributed by atoms with Gasteiger partial charge in [-0.15, -0.1) is 0 Å². The molecule has 0 fully saturated rings. The Bertz CT molecular complexity index is 637. The van der Waals surface area contributed by atoms with Gasteiger partial charge in [-0.2, -0.15) is 5.26 Å². The van der Waals surface area contributed by atoms with Crippen molar-refractivity contribution >= 4 is 12.0 Å². The molecule has 100 valence electrons. The van der Waals surface area contributed by atoms with Gasteiger partial charge in [-0.3, -0.25) is 4.79 Å². The molecule has 1 aromatic carbocycles. The monoisotopic (exact) mass is 266 g/mol. The number of nitriles is 1. The molecular formula is C16H14N2O2. The van der Waals surface area contributed by atoms with E-state index in [1.807, 2.05) is 43.3 Å². The van der Waals surface area contributed by atoms with E-state index in [-0.39, 0.29) is 11.6 Å². The van der Waals surface area contributed by atoms with Crippen molar-refractivity contribution in [3.05, 3.63) is 65.6 Å². The zero-order chi connectivity index (χ0) is 14.4. The van der Waals surface area contributed by atoms with Crippen LogP contribution in [0.15, 0.2) is 58.7 Å². The lowest BCUT2D eigenvalue weighted by atomic mass is 10.1. The zero-order valence-corrected chi connectivity index (χ0v) is 11.0. The van der Waals surface area contributed by atoms with Crippen LogP contribution < -0.4 is 5.32 Å². The van der Waals surface area contributed by atoms with Crippen LogP contribution in [0.1, 0.15) is 24.3 Å². The minimum Gasteiger partial charge on any atom is -0.465 e. The van der Waals surface area contributed by atoms with Gasteiger partial charge in [0.15, 0.2) is 0 Å². The minimum atomic E-state index is -0.416. The summed E-state index contributed by atoms with van der Waals surface area (Å²) in [5, 5.41) is 11.8. The molecule has 1 amide bonds. The minimum absolute atomic E-state index is 0.0164. The highest BCUT2D eigenvalue weighted by atomic mass is 16.3. The molecule has 0 aliphatic rings. The normalized spacial score (nSPS) is 12.5. The first-order chi connectivity index (χ1) is 9.70. The van der Waals surface area contributed by atoms with Crippen LogP contribution in [-0.2, 0) is 4.79 Å². The predicted octanol–water partition coefficient (Wildman–Crippen LogP) is 3.06. The van der Waals surface area contributed by atoms with Crippen LogP contribution in [0.3, 0.4) is 0 Å². The van der Waals surface area contributed by atoms with Gasteiger partial charge in [0, 0.05) is 6.08 Å². The van der Waals surface area contributed by atoms with Crippen LogP contribution in [0.25, 0.3) is 6.08 Å². The largest absolute Gasteiger partial charge is 0.465 e. The molecule has 0 aliphatic carbocycles. The van der Waals surface area contributed by atoms with Crippen molar-refractivity contribution in [3.8, 4) is 6.07 Å². The molecule has 4 heteroatoms. The molecule has 0 spiro atoms. The van der Waals surface area contributed by atoms with Crippen molar-refractivity contribution in [1.82, 2.24) is 5.32 Å². The Kier molecular flexibility index (Phi) is 4.35. The van der Waals surface area contributed by atoms with Crippen LogP contribution in [0, 0.1) is 11.3 Å². The van der Waals surface area contributed by atoms with Gasteiger partial charge in [-0.25, -0.2) is 0 Å². The molecule has 0 saturated carbocycles. The summed E-state index contributed by atoms with van der Waals surface area (Å²) in [7, 11) is 0. The summed E-state index contributed by atoms with van der Waals surface area (Å²) in [5.41, 5.74) is 0.999. The lowest BCUT2D eigenvalue weighted by Crippen LogP contribution is -2.27. The lowest BCUT2D eigenvalue weighted by molar-refractivity contribution is -0.117. The third-order valence-electron chi connectivity index (χ3n) is 2.84. The SMILES string of the molecule is C[C@@H](NC(=O)/C(C#N)=C/c1ccco1)c1ccccc1. The number of amides is 1. The van der Waals surface area contributed by atoms with E-state index in [0.717, 1.165) is 5.56 Å². The summed E-state index contributed by atoms with van der Waals surface area (Å²) in [4.78, 5) is 12.0. The second-order valence-corrected chi connectivity index (χ2v) is 4.29. The third-order valence-corrected chi connectivity index (χ3v) is 2.84. The van der Waals surface area contributed by atoms with Crippen LogP contribution >= 0.6 is 0 Å². The van der Waals surface area contributed by atoms with E-state index >= 15 is 0 Å². The van der Waals surface area contributed by atoms with E-state index in [1.54, 1.807) is 12.1 Å². The highest BCUT2D eigenvalue weighted by Crippen LogP contribution is 2.13. The first kappa shape index (κ1) is 13.6. The molecule has 1 N–H and O–H groups in total.